The summed E-state index contributed by atoms with van der Waals surface area (Å²) in [5.74, 6) is 0. The van der Waals surface area contributed by atoms with Gasteiger partial charge in [0.1, 0.15) is 0 Å². The molecule has 0 radical (unpaired) electrons. The molecule has 4 heteroatoms. The monoisotopic (exact) mass is 291 g/mol. The van der Waals surface area contributed by atoms with Crippen molar-refractivity contribution in [3.8, 4) is 0 Å². The molecule has 1 N–H and O–H groups in total. The summed E-state index contributed by atoms with van der Waals surface area (Å²) in [5, 5.41) is 10.5. The molecule has 0 spiro atoms. The first-order chi connectivity index (χ1) is 9.45. The highest BCUT2D eigenvalue weighted by Crippen LogP contribution is 2.29. The Morgan fingerprint density at radius 3 is 2.50 bits per heavy atom. The van der Waals surface area contributed by atoms with Crippen molar-refractivity contribution in [1.29, 1.82) is 0 Å². The molecular formula is C16H25N3S. The summed E-state index contributed by atoms with van der Waals surface area (Å²) in [6.07, 6.45) is 1.07. The molecule has 110 valence electrons. The summed E-state index contributed by atoms with van der Waals surface area (Å²) < 4.78 is 1.98. The SMILES string of the molecule is CCC(NC(C)c1sccc1C)c1c(C)nn(C)c1C. The second kappa shape index (κ2) is 6.10. The van der Waals surface area contributed by atoms with E-state index in [1.54, 1.807) is 0 Å². The van der Waals surface area contributed by atoms with Gasteiger partial charge in [0.25, 0.3) is 0 Å². The van der Waals surface area contributed by atoms with Gasteiger partial charge in [-0.3, -0.25) is 4.68 Å². The number of thiophene rings is 1. The number of rotatable bonds is 5. The molecule has 0 bridgehead atoms. The maximum absolute atomic E-state index is 4.55. The third-order valence-electron chi connectivity index (χ3n) is 4.07. The Labute approximate surface area is 126 Å². The van der Waals surface area contributed by atoms with Gasteiger partial charge < -0.3 is 5.32 Å². The summed E-state index contributed by atoms with van der Waals surface area (Å²) in [6.45, 7) is 10.9. The molecule has 0 fully saturated rings. The highest BCUT2D eigenvalue weighted by molar-refractivity contribution is 7.10. The van der Waals surface area contributed by atoms with E-state index >= 15 is 0 Å². The smallest absolute Gasteiger partial charge is 0.0644 e. The Balaban J connectivity index is 2.23. The fourth-order valence-corrected chi connectivity index (χ4v) is 3.85. The number of hydrogen-bond acceptors (Lipinski definition) is 3. The van der Waals surface area contributed by atoms with Gasteiger partial charge in [-0.25, -0.2) is 0 Å². The van der Waals surface area contributed by atoms with Crippen LogP contribution in [-0.4, -0.2) is 9.78 Å². The van der Waals surface area contributed by atoms with Crippen molar-refractivity contribution in [2.45, 2.75) is 53.1 Å². The molecule has 2 atom stereocenters. The van der Waals surface area contributed by atoms with Crippen LogP contribution >= 0.6 is 11.3 Å². The van der Waals surface area contributed by atoms with Crippen molar-refractivity contribution in [3.05, 3.63) is 38.8 Å². The molecule has 0 aromatic carbocycles. The largest absolute Gasteiger partial charge is 0.302 e. The molecule has 2 aromatic heterocycles. The van der Waals surface area contributed by atoms with E-state index in [9.17, 15) is 0 Å². The molecule has 0 aliphatic rings. The zero-order valence-corrected chi connectivity index (χ0v) is 14.1. The Morgan fingerprint density at radius 2 is 2.05 bits per heavy atom. The molecular weight excluding hydrogens is 266 g/mol. The van der Waals surface area contributed by atoms with Crippen molar-refractivity contribution in [2.75, 3.05) is 0 Å². The first kappa shape index (κ1) is 15.3. The molecule has 0 saturated heterocycles. The van der Waals surface area contributed by atoms with Gasteiger partial charge in [0.15, 0.2) is 0 Å². The van der Waals surface area contributed by atoms with E-state index in [2.05, 4.69) is 56.5 Å². The van der Waals surface area contributed by atoms with E-state index in [0.29, 0.717) is 12.1 Å². The molecule has 2 unspecified atom stereocenters. The lowest BCUT2D eigenvalue weighted by Gasteiger charge is -2.23. The van der Waals surface area contributed by atoms with E-state index < -0.39 is 0 Å². The zero-order valence-electron chi connectivity index (χ0n) is 13.3. The number of aromatic nitrogens is 2. The lowest BCUT2D eigenvalue weighted by molar-refractivity contribution is 0.456. The van der Waals surface area contributed by atoms with Crippen molar-refractivity contribution in [1.82, 2.24) is 15.1 Å². The minimum Gasteiger partial charge on any atom is -0.302 e. The van der Waals surface area contributed by atoms with Crippen molar-refractivity contribution >= 4 is 11.3 Å². The van der Waals surface area contributed by atoms with E-state index in [1.807, 2.05) is 23.1 Å². The highest BCUT2D eigenvalue weighted by Gasteiger charge is 2.21. The summed E-state index contributed by atoms with van der Waals surface area (Å²) >= 11 is 1.84. The Morgan fingerprint density at radius 1 is 1.35 bits per heavy atom. The minimum atomic E-state index is 0.361. The van der Waals surface area contributed by atoms with Crippen LogP contribution in [0.15, 0.2) is 11.4 Å². The van der Waals surface area contributed by atoms with Crippen molar-refractivity contribution in [2.24, 2.45) is 7.05 Å². The first-order valence-corrected chi connectivity index (χ1v) is 8.13. The van der Waals surface area contributed by atoms with Crippen LogP contribution in [0.2, 0.25) is 0 Å². The third-order valence-corrected chi connectivity index (χ3v) is 5.27. The Hall–Kier alpha value is -1.13. The average Bonchev–Trinajstić information content (AvgIpc) is 2.92. The summed E-state index contributed by atoms with van der Waals surface area (Å²) in [7, 11) is 2.02. The van der Waals surface area contributed by atoms with Crippen LogP contribution in [0, 0.1) is 20.8 Å². The lowest BCUT2D eigenvalue weighted by Crippen LogP contribution is -2.25. The maximum Gasteiger partial charge on any atom is 0.0644 e. The van der Waals surface area contributed by atoms with E-state index in [1.165, 1.54) is 21.7 Å². The molecule has 0 aliphatic heterocycles. The predicted molar refractivity (Wildman–Crippen MR) is 86.3 cm³/mol. The van der Waals surface area contributed by atoms with E-state index in [4.69, 9.17) is 0 Å². The van der Waals surface area contributed by atoms with Gasteiger partial charge >= 0.3 is 0 Å². The van der Waals surface area contributed by atoms with E-state index in [0.717, 1.165) is 12.1 Å². The van der Waals surface area contributed by atoms with Gasteiger partial charge in [0.2, 0.25) is 0 Å². The number of nitrogens with zero attached hydrogens (tertiary/aromatic N) is 2. The second-order valence-electron chi connectivity index (χ2n) is 5.53. The molecule has 2 heterocycles. The predicted octanol–water partition coefficient (Wildman–Crippen LogP) is 4.21. The summed E-state index contributed by atoms with van der Waals surface area (Å²) in [6, 6.07) is 2.93. The fourth-order valence-electron chi connectivity index (χ4n) is 2.91. The lowest BCUT2D eigenvalue weighted by atomic mass is 10.0. The van der Waals surface area contributed by atoms with Crippen LogP contribution in [0.4, 0.5) is 0 Å². The minimum absolute atomic E-state index is 0.361. The second-order valence-corrected chi connectivity index (χ2v) is 6.47. The van der Waals surface area contributed by atoms with Gasteiger partial charge in [-0.15, -0.1) is 11.3 Å². The van der Waals surface area contributed by atoms with Crippen LogP contribution in [0.1, 0.15) is 59.7 Å². The van der Waals surface area contributed by atoms with Gasteiger partial charge in [-0.05, 0) is 51.1 Å². The molecule has 20 heavy (non-hydrogen) atoms. The number of nitrogens with one attached hydrogen (secondary N) is 1. The van der Waals surface area contributed by atoms with Crippen LogP contribution < -0.4 is 5.32 Å². The fraction of sp³-hybridized carbons (Fsp3) is 0.562. The average molecular weight is 291 g/mol. The summed E-state index contributed by atoms with van der Waals surface area (Å²) in [4.78, 5) is 1.43. The Bertz CT molecular complexity index is 583. The topological polar surface area (TPSA) is 29.9 Å². The van der Waals surface area contributed by atoms with Crippen LogP contribution in [-0.2, 0) is 7.05 Å². The normalized spacial score (nSPS) is 14.5. The highest BCUT2D eigenvalue weighted by atomic mass is 32.1. The van der Waals surface area contributed by atoms with Gasteiger partial charge in [0, 0.05) is 35.3 Å². The van der Waals surface area contributed by atoms with Gasteiger partial charge in [-0.1, -0.05) is 6.92 Å². The van der Waals surface area contributed by atoms with Gasteiger partial charge in [-0.2, -0.15) is 5.10 Å². The Kier molecular flexibility index (Phi) is 4.66. The molecule has 3 nitrogen and oxygen atoms in total. The van der Waals surface area contributed by atoms with Crippen LogP contribution in [0.3, 0.4) is 0 Å². The standard InChI is InChI=1S/C16H25N3S/c1-7-14(15-11(3)18-19(6)13(15)5)17-12(4)16-10(2)8-9-20-16/h8-9,12,14,17H,7H2,1-6H3. The van der Waals surface area contributed by atoms with Gasteiger partial charge in [0.05, 0.1) is 5.69 Å². The summed E-state index contributed by atoms with van der Waals surface area (Å²) in [5.41, 5.74) is 5.14. The molecule has 0 saturated carbocycles. The number of hydrogen-bond donors (Lipinski definition) is 1. The quantitative estimate of drug-likeness (QED) is 0.894. The van der Waals surface area contributed by atoms with E-state index in [-0.39, 0.29) is 0 Å². The number of aryl methyl sites for hydroxylation is 3. The van der Waals surface area contributed by atoms with Crippen molar-refractivity contribution in [3.63, 3.8) is 0 Å². The molecule has 0 aliphatic carbocycles. The van der Waals surface area contributed by atoms with Crippen LogP contribution in [0.25, 0.3) is 0 Å². The maximum atomic E-state index is 4.55. The molecule has 2 rings (SSSR count). The zero-order chi connectivity index (χ0) is 14.9. The third kappa shape index (κ3) is 2.81. The molecule has 0 amide bonds. The first-order valence-electron chi connectivity index (χ1n) is 7.25. The molecule has 2 aromatic rings. The van der Waals surface area contributed by atoms with Crippen molar-refractivity contribution < 1.29 is 0 Å². The van der Waals surface area contributed by atoms with Crippen LogP contribution in [0.5, 0.6) is 0 Å².